The lowest BCUT2D eigenvalue weighted by Crippen LogP contribution is -2.54. The van der Waals surface area contributed by atoms with E-state index in [1.807, 2.05) is 24.4 Å². The molecule has 20 heavy (non-hydrogen) atoms. The molecule has 0 amide bonds. The van der Waals surface area contributed by atoms with Gasteiger partial charge < -0.3 is 15.0 Å². The highest BCUT2D eigenvalue weighted by Crippen LogP contribution is 2.21. The van der Waals surface area contributed by atoms with E-state index in [4.69, 9.17) is 9.72 Å². The van der Waals surface area contributed by atoms with Crippen LogP contribution in [0.25, 0.3) is 11.0 Å². The molecule has 1 aromatic carbocycles. The highest BCUT2D eigenvalue weighted by molar-refractivity contribution is 5.77. The molecule has 106 valence electrons. The summed E-state index contributed by atoms with van der Waals surface area (Å²) in [6, 6.07) is 6.72. The Kier molecular flexibility index (Phi) is 3.44. The van der Waals surface area contributed by atoms with Crippen molar-refractivity contribution < 1.29 is 4.74 Å². The fourth-order valence-electron chi connectivity index (χ4n) is 2.77. The zero-order valence-electron chi connectivity index (χ0n) is 12.1. The molecular formula is C15H20N4O. The average Bonchev–Trinajstić information content (AvgIpc) is 2.45. The van der Waals surface area contributed by atoms with E-state index in [1.165, 1.54) is 0 Å². The first-order valence-corrected chi connectivity index (χ1v) is 6.97. The highest BCUT2D eigenvalue weighted by atomic mass is 16.5. The van der Waals surface area contributed by atoms with Gasteiger partial charge in [0.2, 0.25) is 0 Å². The van der Waals surface area contributed by atoms with E-state index < -0.39 is 0 Å². The summed E-state index contributed by atoms with van der Waals surface area (Å²) in [5.41, 5.74) is 1.77. The van der Waals surface area contributed by atoms with E-state index in [-0.39, 0.29) is 0 Å². The minimum atomic E-state index is 0.465. The van der Waals surface area contributed by atoms with Crippen molar-refractivity contribution in [2.75, 3.05) is 25.1 Å². The number of ether oxygens (including phenoxy) is 1. The third-order valence-corrected chi connectivity index (χ3v) is 3.62. The highest BCUT2D eigenvalue weighted by Gasteiger charge is 2.22. The maximum atomic E-state index is 5.21. The molecule has 0 bridgehead atoms. The van der Waals surface area contributed by atoms with Crippen LogP contribution in [0.15, 0.2) is 24.4 Å². The molecular weight excluding hydrogens is 252 g/mol. The van der Waals surface area contributed by atoms with Crippen molar-refractivity contribution in [2.45, 2.75) is 25.9 Å². The fraction of sp³-hybridized carbons (Fsp3) is 0.467. The predicted octanol–water partition coefficient (Wildman–Crippen LogP) is 1.82. The number of methoxy groups -OCH3 is 1. The lowest BCUT2D eigenvalue weighted by Gasteiger charge is -2.36. The van der Waals surface area contributed by atoms with Gasteiger partial charge in [-0.05, 0) is 26.0 Å². The first-order valence-electron chi connectivity index (χ1n) is 6.97. The quantitative estimate of drug-likeness (QED) is 0.904. The van der Waals surface area contributed by atoms with Gasteiger partial charge in [-0.3, -0.25) is 4.98 Å². The van der Waals surface area contributed by atoms with Crippen LogP contribution in [0.4, 0.5) is 5.82 Å². The Bertz CT molecular complexity index is 606. The second-order valence-corrected chi connectivity index (χ2v) is 5.46. The molecule has 2 atom stereocenters. The van der Waals surface area contributed by atoms with Gasteiger partial charge in [0.15, 0.2) is 0 Å². The summed E-state index contributed by atoms with van der Waals surface area (Å²) in [7, 11) is 1.66. The summed E-state index contributed by atoms with van der Waals surface area (Å²) >= 11 is 0. The van der Waals surface area contributed by atoms with Gasteiger partial charge in [0.05, 0.1) is 24.3 Å². The summed E-state index contributed by atoms with van der Waals surface area (Å²) in [5, 5.41) is 3.52. The summed E-state index contributed by atoms with van der Waals surface area (Å²) in [4.78, 5) is 11.5. The Labute approximate surface area is 119 Å². The lowest BCUT2D eigenvalue weighted by atomic mass is 10.1. The topological polar surface area (TPSA) is 50.3 Å². The minimum Gasteiger partial charge on any atom is -0.497 e. The molecule has 3 rings (SSSR count). The number of hydrogen-bond donors (Lipinski definition) is 1. The number of rotatable bonds is 2. The van der Waals surface area contributed by atoms with Crippen molar-refractivity contribution in [3.8, 4) is 5.75 Å². The maximum Gasteiger partial charge on any atom is 0.147 e. The van der Waals surface area contributed by atoms with Gasteiger partial charge in [-0.15, -0.1) is 0 Å². The van der Waals surface area contributed by atoms with Gasteiger partial charge in [0.1, 0.15) is 11.6 Å². The third kappa shape index (κ3) is 2.54. The first-order chi connectivity index (χ1) is 9.65. The van der Waals surface area contributed by atoms with Gasteiger partial charge in [0, 0.05) is 31.2 Å². The Hall–Kier alpha value is -1.88. The lowest BCUT2D eigenvalue weighted by molar-refractivity contribution is 0.405. The summed E-state index contributed by atoms with van der Waals surface area (Å²) in [6.45, 7) is 6.31. The molecule has 5 heteroatoms. The number of hydrogen-bond acceptors (Lipinski definition) is 5. The van der Waals surface area contributed by atoms with Gasteiger partial charge in [-0.25, -0.2) is 4.98 Å². The molecule has 0 aliphatic carbocycles. The van der Waals surface area contributed by atoms with E-state index in [1.54, 1.807) is 7.11 Å². The number of fused-ring (bicyclic) bond motifs is 1. The molecule has 0 radical (unpaired) electrons. The number of piperazine rings is 1. The number of nitrogens with one attached hydrogen (secondary N) is 1. The molecule has 1 aliphatic heterocycles. The van der Waals surface area contributed by atoms with Crippen LogP contribution in [0.5, 0.6) is 5.75 Å². The molecule has 1 saturated heterocycles. The molecule has 5 nitrogen and oxygen atoms in total. The number of anilines is 1. The van der Waals surface area contributed by atoms with Crippen molar-refractivity contribution in [2.24, 2.45) is 0 Å². The molecule has 0 unspecified atom stereocenters. The zero-order valence-corrected chi connectivity index (χ0v) is 12.1. The van der Waals surface area contributed by atoms with E-state index in [0.29, 0.717) is 12.1 Å². The van der Waals surface area contributed by atoms with Crippen LogP contribution in [-0.2, 0) is 0 Å². The molecule has 0 spiro atoms. The minimum absolute atomic E-state index is 0.465. The van der Waals surface area contributed by atoms with E-state index >= 15 is 0 Å². The summed E-state index contributed by atoms with van der Waals surface area (Å²) in [5.74, 6) is 1.76. The van der Waals surface area contributed by atoms with Gasteiger partial charge in [-0.1, -0.05) is 0 Å². The Balaban J connectivity index is 1.92. The Morgan fingerprint density at radius 2 is 1.95 bits per heavy atom. The molecule has 0 saturated carbocycles. The molecule has 1 N–H and O–H groups in total. The second kappa shape index (κ2) is 5.25. The Morgan fingerprint density at radius 1 is 1.20 bits per heavy atom. The van der Waals surface area contributed by atoms with Crippen molar-refractivity contribution >= 4 is 16.9 Å². The molecule has 1 aromatic heterocycles. The van der Waals surface area contributed by atoms with Crippen LogP contribution in [0.2, 0.25) is 0 Å². The van der Waals surface area contributed by atoms with E-state index in [9.17, 15) is 0 Å². The van der Waals surface area contributed by atoms with Crippen LogP contribution >= 0.6 is 0 Å². The average molecular weight is 272 g/mol. The number of aromatic nitrogens is 2. The first kappa shape index (κ1) is 13.1. The normalized spacial score (nSPS) is 23.1. The molecule has 1 aliphatic rings. The van der Waals surface area contributed by atoms with Gasteiger partial charge in [-0.2, -0.15) is 0 Å². The van der Waals surface area contributed by atoms with Crippen molar-refractivity contribution in [1.82, 2.24) is 15.3 Å². The SMILES string of the molecule is COc1ccc2nc(N3C[C@@H](C)N[C@H](C)C3)cnc2c1. The third-order valence-electron chi connectivity index (χ3n) is 3.62. The van der Waals surface area contributed by atoms with Crippen LogP contribution in [-0.4, -0.2) is 42.3 Å². The number of nitrogens with zero attached hydrogens (tertiary/aromatic N) is 3. The van der Waals surface area contributed by atoms with Crippen LogP contribution in [0.1, 0.15) is 13.8 Å². The van der Waals surface area contributed by atoms with Crippen molar-refractivity contribution in [3.05, 3.63) is 24.4 Å². The van der Waals surface area contributed by atoms with E-state index in [0.717, 1.165) is 35.7 Å². The van der Waals surface area contributed by atoms with Crippen LogP contribution in [0.3, 0.4) is 0 Å². The largest absolute Gasteiger partial charge is 0.497 e. The monoisotopic (exact) mass is 272 g/mol. The standard InChI is InChI=1S/C15H20N4O/c1-10-8-19(9-11(2)17-10)15-7-16-14-6-12(20-3)4-5-13(14)18-15/h4-7,10-11,17H,8-9H2,1-3H3/t10-,11-/m1/s1. The maximum absolute atomic E-state index is 5.21. The summed E-state index contributed by atoms with van der Waals surface area (Å²) in [6.07, 6.45) is 1.85. The van der Waals surface area contributed by atoms with Crippen molar-refractivity contribution in [1.29, 1.82) is 0 Å². The predicted molar refractivity (Wildman–Crippen MR) is 80.4 cm³/mol. The summed E-state index contributed by atoms with van der Waals surface area (Å²) < 4.78 is 5.21. The zero-order chi connectivity index (χ0) is 14.1. The molecule has 2 aromatic rings. The smallest absolute Gasteiger partial charge is 0.147 e. The fourth-order valence-corrected chi connectivity index (χ4v) is 2.77. The van der Waals surface area contributed by atoms with Crippen LogP contribution in [0, 0.1) is 0 Å². The van der Waals surface area contributed by atoms with Gasteiger partial charge >= 0.3 is 0 Å². The molecule has 1 fully saturated rings. The van der Waals surface area contributed by atoms with E-state index in [2.05, 4.69) is 29.0 Å². The van der Waals surface area contributed by atoms with Crippen LogP contribution < -0.4 is 15.0 Å². The van der Waals surface area contributed by atoms with Gasteiger partial charge in [0.25, 0.3) is 0 Å². The molecule has 2 heterocycles. The Morgan fingerprint density at radius 3 is 2.65 bits per heavy atom. The van der Waals surface area contributed by atoms with Crippen molar-refractivity contribution in [3.63, 3.8) is 0 Å². The second-order valence-electron chi connectivity index (χ2n) is 5.46. The number of benzene rings is 1.